The molecule has 2 aromatic heterocycles. The summed E-state index contributed by atoms with van der Waals surface area (Å²) in [7, 11) is 2.03. The molecule has 1 saturated heterocycles. The van der Waals surface area contributed by atoms with E-state index in [1.54, 1.807) is 51.1 Å². The topological polar surface area (TPSA) is 103 Å². The number of carbonyl (C=O) groups is 3. The van der Waals surface area contributed by atoms with E-state index < -0.39 is 29.5 Å². The number of ether oxygens (including phenoxy) is 2. The number of benzene rings is 1. The predicted octanol–water partition coefficient (Wildman–Crippen LogP) is 1.84. The summed E-state index contributed by atoms with van der Waals surface area (Å²) in [5.41, 5.74) is 1.85. The Morgan fingerprint density at radius 3 is 2.35 bits per heavy atom. The number of aromatic nitrogens is 2. The molecule has 1 atom stereocenters. The molecule has 10 nitrogen and oxygen atoms in total. The summed E-state index contributed by atoms with van der Waals surface area (Å²) in [5.74, 6) is -0.879. The molecule has 194 valence electrons. The number of esters is 1. The standard InChI is InChI=1S/C27H31N4O6/c1-27(2,3)36-26(34)22(37-31-24(32)20-7-5-6-8-21(20)25(31)33)16-35-19-9-10-23-29(4)18(14-30(23)15-19)11-17-12-28-13-17/h5-10,14-15,17,22,28H,11-13,16H2,1-4H3/q+1. The van der Waals surface area contributed by atoms with Crippen LogP contribution in [-0.2, 0) is 27.8 Å². The molecule has 2 aliphatic heterocycles. The highest BCUT2D eigenvalue weighted by Gasteiger charge is 2.40. The van der Waals surface area contributed by atoms with Crippen LogP contribution in [0.4, 0.5) is 0 Å². The zero-order chi connectivity index (χ0) is 26.3. The van der Waals surface area contributed by atoms with Gasteiger partial charge in [0, 0.05) is 12.5 Å². The number of aryl methyl sites for hydroxylation is 1. The fourth-order valence-corrected chi connectivity index (χ4v) is 4.41. The average molecular weight is 508 g/mol. The number of rotatable bonds is 8. The van der Waals surface area contributed by atoms with Gasteiger partial charge in [0.2, 0.25) is 6.10 Å². The molecule has 2 aliphatic rings. The Kier molecular flexibility index (Phi) is 6.47. The summed E-state index contributed by atoms with van der Waals surface area (Å²) in [6.45, 7) is 6.97. The summed E-state index contributed by atoms with van der Waals surface area (Å²) in [4.78, 5) is 44.2. The lowest BCUT2D eigenvalue weighted by atomic mass is 9.98. The third kappa shape index (κ3) is 5.07. The van der Waals surface area contributed by atoms with Crippen molar-refractivity contribution in [2.24, 2.45) is 13.0 Å². The lowest BCUT2D eigenvalue weighted by Gasteiger charge is -2.25. The summed E-state index contributed by atoms with van der Waals surface area (Å²) in [6.07, 6.45) is 3.53. The smallest absolute Gasteiger partial charge is 0.342 e. The molecule has 3 aromatic rings. The van der Waals surface area contributed by atoms with Crippen molar-refractivity contribution < 1.29 is 33.1 Å². The summed E-state index contributed by atoms with van der Waals surface area (Å²) < 4.78 is 15.5. The van der Waals surface area contributed by atoms with Crippen LogP contribution < -0.4 is 14.5 Å². The minimum Gasteiger partial charge on any atom is -0.486 e. The lowest BCUT2D eigenvalue weighted by Crippen LogP contribution is -2.43. The molecule has 1 aromatic carbocycles. The molecule has 4 heterocycles. The van der Waals surface area contributed by atoms with Crippen LogP contribution in [0.15, 0.2) is 48.8 Å². The number of hydroxylamine groups is 2. The number of nitrogens with one attached hydrogen (secondary N) is 1. The molecule has 0 radical (unpaired) electrons. The van der Waals surface area contributed by atoms with E-state index in [2.05, 4.69) is 16.1 Å². The molecule has 1 N–H and O–H groups in total. The van der Waals surface area contributed by atoms with E-state index in [1.165, 1.54) is 5.69 Å². The van der Waals surface area contributed by atoms with E-state index in [0.29, 0.717) is 16.7 Å². The largest absolute Gasteiger partial charge is 0.486 e. The molecule has 1 unspecified atom stereocenters. The van der Waals surface area contributed by atoms with Gasteiger partial charge in [0.05, 0.1) is 18.2 Å². The minimum atomic E-state index is -1.35. The van der Waals surface area contributed by atoms with Crippen LogP contribution in [0.3, 0.4) is 0 Å². The van der Waals surface area contributed by atoms with Crippen molar-refractivity contribution in [2.75, 3.05) is 19.7 Å². The van der Waals surface area contributed by atoms with Gasteiger partial charge in [0.25, 0.3) is 17.5 Å². The molecule has 0 saturated carbocycles. The van der Waals surface area contributed by atoms with Gasteiger partial charge in [-0.05, 0) is 58.0 Å². The van der Waals surface area contributed by atoms with Crippen LogP contribution >= 0.6 is 0 Å². The molecule has 5 rings (SSSR count). The van der Waals surface area contributed by atoms with Crippen molar-refractivity contribution in [1.82, 2.24) is 14.9 Å². The van der Waals surface area contributed by atoms with Crippen molar-refractivity contribution in [2.45, 2.75) is 38.9 Å². The van der Waals surface area contributed by atoms with Gasteiger partial charge in [-0.3, -0.25) is 9.59 Å². The first-order valence-corrected chi connectivity index (χ1v) is 12.3. The molecular formula is C27H31N4O6+. The number of hydrogen-bond acceptors (Lipinski definition) is 7. The van der Waals surface area contributed by atoms with E-state index >= 15 is 0 Å². The van der Waals surface area contributed by atoms with Crippen molar-refractivity contribution in [3.05, 3.63) is 65.6 Å². The predicted molar refractivity (Wildman–Crippen MR) is 132 cm³/mol. The fraction of sp³-hybridized carbons (Fsp3) is 0.407. The van der Waals surface area contributed by atoms with E-state index in [4.69, 9.17) is 14.3 Å². The number of hydrogen-bond donors (Lipinski definition) is 1. The number of carbonyl (C=O) groups excluding carboxylic acids is 3. The van der Waals surface area contributed by atoms with E-state index in [-0.39, 0.29) is 17.7 Å². The van der Waals surface area contributed by atoms with Crippen LogP contribution in [0.1, 0.15) is 47.2 Å². The van der Waals surface area contributed by atoms with E-state index in [9.17, 15) is 14.4 Å². The van der Waals surface area contributed by atoms with Crippen molar-refractivity contribution in [1.29, 1.82) is 0 Å². The SMILES string of the molecule is Cn1c(CC2CNC2)c[n+]2cc(OCC(ON3C(=O)c4ccccc4C3=O)C(=O)OC(C)(C)C)ccc12. The van der Waals surface area contributed by atoms with Crippen molar-refractivity contribution in [3.8, 4) is 5.75 Å². The molecule has 37 heavy (non-hydrogen) atoms. The summed E-state index contributed by atoms with van der Waals surface area (Å²) >= 11 is 0. The Labute approximate surface area is 214 Å². The second kappa shape index (κ2) is 9.60. The highest BCUT2D eigenvalue weighted by Crippen LogP contribution is 2.24. The first-order valence-electron chi connectivity index (χ1n) is 12.3. The second-order valence-corrected chi connectivity index (χ2v) is 10.4. The highest BCUT2D eigenvalue weighted by molar-refractivity contribution is 6.20. The summed E-state index contributed by atoms with van der Waals surface area (Å²) in [6, 6.07) is 10.1. The van der Waals surface area contributed by atoms with E-state index in [1.807, 2.05) is 23.7 Å². The minimum absolute atomic E-state index is 0.218. The molecule has 0 aliphatic carbocycles. The van der Waals surface area contributed by atoms with Crippen LogP contribution in [0.2, 0.25) is 0 Å². The van der Waals surface area contributed by atoms with Crippen LogP contribution in [0.25, 0.3) is 5.65 Å². The molecule has 1 fully saturated rings. The number of amides is 2. The fourth-order valence-electron chi connectivity index (χ4n) is 4.41. The summed E-state index contributed by atoms with van der Waals surface area (Å²) in [5, 5.41) is 3.91. The Hall–Kier alpha value is -3.76. The first-order chi connectivity index (χ1) is 17.6. The normalized spacial score (nSPS) is 16.6. The van der Waals surface area contributed by atoms with Gasteiger partial charge in [0.1, 0.15) is 30.3 Å². The van der Waals surface area contributed by atoms with Gasteiger partial charge in [-0.1, -0.05) is 12.1 Å². The van der Waals surface area contributed by atoms with Crippen LogP contribution in [-0.4, -0.2) is 58.8 Å². The van der Waals surface area contributed by atoms with Crippen LogP contribution in [0.5, 0.6) is 5.75 Å². The van der Waals surface area contributed by atoms with Crippen LogP contribution in [0, 0.1) is 5.92 Å². The van der Waals surface area contributed by atoms with Gasteiger partial charge in [-0.25, -0.2) is 14.2 Å². The number of pyridine rings is 1. The molecule has 2 amide bonds. The molecular weight excluding hydrogens is 476 g/mol. The number of nitrogens with zero attached hydrogens (tertiary/aromatic N) is 3. The van der Waals surface area contributed by atoms with Crippen molar-refractivity contribution in [3.63, 3.8) is 0 Å². The zero-order valence-electron chi connectivity index (χ0n) is 21.4. The van der Waals surface area contributed by atoms with Gasteiger partial charge in [-0.15, -0.1) is 5.06 Å². The number of imidazole rings is 1. The maximum atomic E-state index is 13.0. The number of fused-ring (bicyclic) bond motifs is 2. The molecule has 10 heteroatoms. The lowest BCUT2D eigenvalue weighted by molar-refractivity contribution is -0.511. The molecule has 0 bridgehead atoms. The zero-order valence-corrected chi connectivity index (χ0v) is 21.4. The Bertz CT molecular complexity index is 1340. The monoisotopic (exact) mass is 507 g/mol. The van der Waals surface area contributed by atoms with Gasteiger partial charge in [0.15, 0.2) is 5.75 Å². The van der Waals surface area contributed by atoms with Crippen molar-refractivity contribution >= 4 is 23.4 Å². The van der Waals surface area contributed by atoms with Gasteiger partial charge in [-0.2, -0.15) is 4.40 Å². The third-order valence-corrected chi connectivity index (χ3v) is 6.41. The average Bonchev–Trinajstić information content (AvgIpc) is 3.26. The quantitative estimate of drug-likeness (QED) is 0.282. The Balaban J connectivity index is 1.33. The van der Waals surface area contributed by atoms with E-state index in [0.717, 1.165) is 25.2 Å². The first kappa shape index (κ1) is 24.9. The third-order valence-electron chi connectivity index (χ3n) is 6.41. The maximum absolute atomic E-state index is 13.0. The highest BCUT2D eigenvalue weighted by atomic mass is 16.7. The second-order valence-electron chi connectivity index (χ2n) is 10.4. The Morgan fingerprint density at radius 1 is 1.08 bits per heavy atom. The number of imide groups is 1. The Morgan fingerprint density at radius 2 is 1.76 bits per heavy atom. The molecule has 0 spiro atoms. The maximum Gasteiger partial charge on any atom is 0.342 e. The van der Waals surface area contributed by atoms with Gasteiger partial charge < -0.3 is 14.8 Å². The van der Waals surface area contributed by atoms with Gasteiger partial charge >= 0.3 is 5.97 Å².